The van der Waals surface area contributed by atoms with Gasteiger partial charge in [-0.3, -0.25) is 9.69 Å². The summed E-state index contributed by atoms with van der Waals surface area (Å²) in [4.78, 5) is 19.2. The van der Waals surface area contributed by atoms with Gasteiger partial charge in [-0.2, -0.15) is 0 Å². The van der Waals surface area contributed by atoms with E-state index in [1.54, 1.807) is 45.1 Å². The van der Waals surface area contributed by atoms with Crippen LogP contribution in [0.3, 0.4) is 0 Å². The Kier molecular flexibility index (Phi) is 5.42. The number of thioether (sulfide) groups is 1. The Bertz CT molecular complexity index is 1040. The van der Waals surface area contributed by atoms with E-state index < -0.39 is 0 Å². The number of benzene rings is 2. The second-order valence-electron chi connectivity index (χ2n) is 6.22. The third-order valence-corrected chi connectivity index (χ3v) is 6.86. The number of methoxy groups -OCH3 is 4. The molecule has 2 aromatic carbocycles. The highest BCUT2D eigenvalue weighted by atomic mass is 32.2. The van der Waals surface area contributed by atoms with Crippen LogP contribution in [-0.2, 0) is 4.79 Å². The molecule has 1 unspecified atom stereocenters. The Morgan fingerprint density at radius 3 is 2.34 bits per heavy atom. The molecule has 1 aromatic heterocycles. The van der Waals surface area contributed by atoms with Gasteiger partial charge in [0.2, 0.25) is 11.7 Å². The second-order valence-corrected chi connectivity index (χ2v) is 8.29. The lowest BCUT2D eigenvalue weighted by Crippen LogP contribution is -2.27. The number of nitrogens with zero attached hydrogens (tertiary/aromatic N) is 2. The van der Waals surface area contributed by atoms with Crippen LogP contribution in [0.25, 0.3) is 10.2 Å². The summed E-state index contributed by atoms with van der Waals surface area (Å²) in [6.07, 6.45) is 0. The van der Waals surface area contributed by atoms with Crippen molar-refractivity contribution < 1.29 is 23.7 Å². The Labute approximate surface area is 176 Å². The number of anilines is 1. The molecule has 0 radical (unpaired) electrons. The average molecular weight is 433 g/mol. The zero-order valence-corrected chi connectivity index (χ0v) is 18.1. The van der Waals surface area contributed by atoms with Gasteiger partial charge in [0.1, 0.15) is 11.1 Å². The third kappa shape index (κ3) is 3.44. The summed E-state index contributed by atoms with van der Waals surface area (Å²) in [6, 6.07) is 9.44. The first-order valence-corrected chi connectivity index (χ1v) is 10.6. The van der Waals surface area contributed by atoms with Gasteiger partial charge in [0.15, 0.2) is 16.6 Å². The van der Waals surface area contributed by atoms with Crippen LogP contribution in [-0.4, -0.2) is 45.1 Å². The lowest BCUT2D eigenvalue weighted by atomic mass is 10.1. The number of carbonyl (C=O) groups excluding carboxylic acids is 1. The van der Waals surface area contributed by atoms with E-state index in [0.29, 0.717) is 28.1 Å². The van der Waals surface area contributed by atoms with E-state index in [-0.39, 0.29) is 11.3 Å². The van der Waals surface area contributed by atoms with Gasteiger partial charge in [0, 0.05) is 0 Å². The predicted octanol–water partition coefficient (Wildman–Crippen LogP) is 4.11. The van der Waals surface area contributed by atoms with Crippen LogP contribution in [0.2, 0.25) is 0 Å². The lowest BCUT2D eigenvalue weighted by Gasteiger charge is -2.23. The third-order valence-electron chi connectivity index (χ3n) is 4.63. The van der Waals surface area contributed by atoms with Crippen molar-refractivity contribution in [1.29, 1.82) is 0 Å². The molecule has 29 heavy (non-hydrogen) atoms. The van der Waals surface area contributed by atoms with Gasteiger partial charge >= 0.3 is 0 Å². The SMILES string of the molecule is COc1ccc2nc(N3C(=O)CSC3c3cc(OC)c(OC)c(OC)c3)sc2c1. The number of carbonyl (C=O) groups is 1. The Hall–Kier alpha value is -2.65. The molecule has 0 saturated carbocycles. The van der Waals surface area contributed by atoms with Gasteiger partial charge in [0.25, 0.3) is 0 Å². The fourth-order valence-corrected chi connectivity index (χ4v) is 5.48. The molecule has 7 nitrogen and oxygen atoms in total. The first-order valence-electron chi connectivity index (χ1n) is 8.77. The van der Waals surface area contributed by atoms with Crippen molar-refractivity contribution in [3.63, 3.8) is 0 Å². The number of hydrogen-bond donors (Lipinski definition) is 0. The van der Waals surface area contributed by atoms with Gasteiger partial charge in [-0.05, 0) is 35.9 Å². The van der Waals surface area contributed by atoms with Crippen molar-refractivity contribution in [2.45, 2.75) is 5.37 Å². The fraction of sp³-hybridized carbons (Fsp3) is 0.300. The number of ether oxygens (including phenoxy) is 4. The standard InChI is InChI=1S/C20H20N2O5S2/c1-24-12-5-6-13-16(9-12)29-20(21-13)22-17(23)10-28-19(22)11-7-14(25-2)18(27-4)15(8-11)26-3/h5-9,19H,10H2,1-4H3. The number of fused-ring (bicyclic) bond motifs is 1. The molecule has 1 saturated heterocycles. The normalized spacial score (nSPS) is 16.3. The number of hydrogen-bond acceptors (Lipinski definition) is 8. The molecule has 0 aliphatic carbocycles. The first-order chi connectivity index (χ1) is 14.1. The Balaban J connectivity index is 1.77. The summed E-state index contributed by atoms with van der Waals surface area (Å²) in [5.41, 5.74) is 1.71. The lowest BCUT2D eigenvalue weighted by molar-refractivity contribution is -0.115. The molecule has 1 fully saturated rings. The van der Waals surface area contributed by atoms with E-state index in [2.05, 4.69) is 4.98 Å². The molecule has 1 aliphatic rings. The highest BCUT2D eigenvalue weighted by Crippen LogP contribution is 2.48. The van der Waals surface area contributed by atoms with E-state index in [4.69, 9.17) is 18.9 Å². The predicted molar refractivity (Wildman–Crippen MR) is 115 cm³/mol. The summed E-state index contributed by atoms with van der Waals surface area (Å²) in [7, 11) is 6.35. The molecule has 152 valence electrons. The van der Waals surface area contributed by atoms with E-state index in [9.17, 15) is 4.79 Å². The highest BCUT2D eigenvalue weighted by Gasteiger charge is 2.37. The smallest absolute Gasteiger partial charge is 0.240 e. The van der Waals surface area contributed by atoms with E-state index in [0.717, 1.165) is 21.5 Å². The van der Waals surface area contributed by atoms with Crippen molar-refractivity contribution in [1.82, 2.24) is 4.98 Å². The molecule has 4 rings (SSSR count). The molecule has 2 heterocycles. The maximum atomic E-state index is 12.8. The quantitative estimate of drug-likeness (QED) is 0.581. The van der Waals surface area contributed by atoms with Crippen molar-refractivity contribution in [2.24, 2.45) is 0 Å². The van der Waals surface area contributed by atoms with Crippen molar-refractivity contribution in [3.8, 4) is 23.0 Å². The van der Waals surface area contributed by atoms with E-state index >= 15 is 0 Å². The molecular formula is C20H20N2O5S2. The summed E-state index contributed by atoms with van der Waals surface area (Å²) in [5, 5.41) is 0.417. The molecule has 0 N–H and O–H groups in total. The molecule has 1 aliphatic heterocycles. The van der Waals surface area contributed by atoms with Crippen LogP contribution in [0.15, 0.2) is 30.3 Å². The van der Waals surface area contributed by atoms with Crippen molar-refractivity contribution >= 4 is 44.4 Å². The highest BCUT2D eigenvalue weighted by molar-refractivity contribution is 8.00. The summed E-state index contributed by atoms with van der Waals surface area (Å²) < 4.78 is 22.6. The number of amides is 1. The van der Waals surface area contributed by atoms with Gasteiger partial charge in [0.05, 0.1) is 44.4 Å². The zero-order valence-electron chi connectivity index (χ0n) is 16.4. The molecule has 3 aromatic rings. The van der Waals surface area contributed by atoms with Crippen molar-refractivity contribution in [3.05, 3.63) is 35.9 Å². The zero-order chi connectivity index (χ0) is 20.5. The monoisotopic (exact) mass is 432 g/mol. The van der Waals surface area contributed by atoms with Crippen LogP contribution in [0.1, 0.15) is 10.9 Å². The van der Waals surface area contributed by atoms with Crippen LogP contribution in [0, 0.1) is 0 Å². The Morgan fingerprint density at radius 1 is 1.00 bits per heavy atom. The fourth-order valence-electron chi connectivity index (χ4n) is 3.24. The van der Waals surface area contributed by atoms with Crippen LogP contribution in [0.5, 0.6) is 23.0 Å². The van der Waals surface area contributed by atoms with Gasteiger partial charge in [-0.25, -0.2) is 4.98 Å². The number of thiazole rings is 1. The largest absolute Gasteiger partial charge is 0.497 e. The molecule has 1 atom stereocenters. The molecular weight excluding hydrogens is 412 g/mol. The van der Waals surface area contributed by atoms with Gasteiger partial charge < -0.3 is 18.9 Å². The second kappa shape index (κ2) is 8.00. The molecule has 0 bridgehead atoms. The maximum Gasteiger partial charge on any atom is 0.240 e. The summed E-state index contributed by atoms with van der Waals surface area (Å²) >= 11 is 3.01. The average Bonchev–Trinajstić information content (AvgIpc) is 3.34. The van der Waals surface area contributed by atoms with Gasteiger partial charge in [-0.15, -0.1) is 11.8 Å². The minimum Gasteiger partial charge on any atom is -0.497 e. The van der Waals surface area contributed by atoms with Crippen LogP contribution < -0.4 is 23.8 Å². The van der Waals surface area contributed by atoms with E-state index in [1.165, 1.54) is 11.3 Å². The number of aromatic nitrogens is 1. The summed E-state index contributed by atoms with van der Waals surface area (Å²) in [6.45, 7) is 0. The van der Waals surface area contributed by atoms with E-state index in [1.807, 2.05) is 30.3 Å². The molecule has 0 spiro atoms. The minimum atomic E-state index is -0.237. The van der Waals surface area contributed by atoms with Crippen LogP contribution >= 0.6 is 23.1 Å². The molecule has 1 amide bonds. The number of rotatable bonds is 6. The summed E-state index contributed by atoms with van der Waals surface area (Å²) in [5.74, 6) is 2.77. The molecule has 9 heteroatoms. The van der Waals surface area contributed by atoms with Crippen LogP contribution in [0.4, 0.5) is 5.13 Å². The first kappa shape index (κ1) is 19.7. The Morgan fingerprint density at radius 2 is 1.72 bits per heavy atom. The topological polar surface area (TPSA) is 70.1 Å². The van der Waals surface area contributed by atoms with Gasteiger partial charge in [-0.1, -0.05) is 11.3 Å². The maximum absolute atomic E-state index is 12.8. The minimum absolute atomic E-state index is 0.0137. The van der Waals surface area contributed by atoms with Crippen molar-refractivity contribution in [2.75, 3.05) is 39.1 Å².